The van der Waals surface area contributed by atoms with Crippen molar-refractivity contribution in [2.75, 3.05) is 0 Å². The summed E-state index contributed by atoms with van der Waals surface area (Å²) in [5.74, 6) is -5.29. The first-order chi connectivity index (χ1) is 7.85. The smallest absolute Gasteiger partial charge is 0.166 e. The highest BCUT2D eigenvalue weighted by molar-refractivity contribution is 5.37. The van der Waals surface area contributed by atoms with Gasteiger partial charge in [0.25, 0.3) is 0 Å². The Morgan fingerprint density at radius 2 is 1.59 bits per heavy atom. The van der Waals surface area contributed by atoms with Gasteiger partial charge in [0.1, 0.15) is 0 Å². The third kappa shape index (κ3) is 1.85. The Labute approximate surface area is 97.0 Å². The van der Waals surface area contributed by atoms with Crippen LogP contribution < -0.4 is 0 Å². The average molecular weight is 244 g/mol. The van der Waals surface area contributed by atoms with Crippen LogP contribution in [0.1, 0.15) is 32.3 Å². The lowest BCUT2D eigenvalue weighted by molar-refractivity contribution is 0.405. The number of hydrogen-bond donors (Lipinski definition) is 0. The van der Waals surface area contributed by atoms with Crippen LogP contribution >= 0.6 is 0 Å². The summed E-state index contributed by atoms with van der Waals surface area (Å²) in [6, 6.07) is 0.239. The maximum atomic E-state index is 13.7. The Hall–Kier alpha value is -1.32. The largest absolute Gasteiger partial charge is 0.204 e. The van der Waals surface area contributed by atoms with Crippen molar-refractivity contribution in [3.63, 3.8) is 0 Å². The highest BCUT2D eigenvalue weighted by Crippen LogP contribution is 2.41. The van der Waals surface area contributed by atoms with Crippen LogP contribution in [0.15, 0.2) is 17.7 Å². The van der Waals surface area contributed by atoms with Crippen LogP contribution in [-0.2, 0) is 5.41 Å². The van der Waals surface area contributed by atoms with Gasteiger partial charge in [-0.15, -0.1) is 0 Å². The Bertz CT molecular complexity index is 478. The predicted octanol–water partition coefficient (Wildman–Crippen LogP) is 4.24. The summed E-state index contributed by atoms with van der Waals surface area (Å²) < 4.78 is 53.6. The molecule has 1 aromatic rings. The molecule has 4 heteroatoms. The highest BCUT2D eigenvalue weighted by atomic mass is 19.2. The van der Waals surface area contributed by atoms with Crippen molar-refractivity contribution < 1.29 is 17.6 Å². The van der Waals surface area contributed by atoms with Gasteiger partial charge in [0.05, 0.1) is 0 Å². The van der Waals surface area contributed by atoms with E-state index < -0.39 is 34.2 Å². The van der Waals surface area contributed by atoms with Gasteiger partial charge in [-0.25, -0.2) is 17.6 Å². The number of rotatable bonds is 1. The van der Waals surface area contributed by atoms with Gasteiger partial charge in [-0.3, -0.25) is 0 Å². The van der Waals surface area contributed by atoms with Crippen LogP contribution in [0.4, 0.5) is 17.6 Å². The molecule has 0 saturated carbocycles. The van der Waals surface area contributed by atoms with E-state index in [1.807, 2.05) is 6.92 Å². The third-order valence-electron chi connectivity index (χ3n) is 3.29. The lowest BCUT2D eigenvalue weighted by Crippen LogP contribution is -2.21. The molecule has 1 atom stereocenters. The van der Waals surface area contributed by atoms with Crippen LogP contribution in [0.25, 0.3) is 0 Å². The molecule has 0 nitrogen and oxygen atoms in total. The van der Waals surface area contributed by atoms with Gasteiger partial charge in [-0.2, -0.15) is 0 Å². The Balaban J connectivity index is 2.67. The van der Waals surface area contributed by atoms with Gasteiger partial charge in [0.2, 0.25) is 0 Å². The zero-order chi connectivity index (χ0) is 12.8. The molecule has 2 rings (SSSR count). The molecule has 0 unspecified atom stereocenters. The average Bonchev–Trinajstić information content (AvgIpc) is 2.57. The standard InChI is InChI=1S/C13H12F4/c1-7-3-4-13(2,6-7)10-11(16)8(14)5-9(15)12(10)17/h5-6H,3-4H2,1-2H3/t13-/m1/s1. The first kappa shape index (κ1) is 12.1. The maximum Gasteiger partial charge on any atom is 0.166 e. The first-order valence-electron chi connectivity index (χ1n) is 5.37. The molecule has 0 heterocycles. The molecule has 0 fully saturated rings. The molecule has 1 aromatic carbocycles. The topological polar surface area (TPSA) is 0 Å². The first-order valence-corrected chi connectivity index (χ1v) is 5.37. The summed E-state index contributed by atoms with van der Waals surface area (Å²) in [4.78, 5) is 0. The van der Waals surface area contributed by atoms with Crippen LogP contribution in [0.5, 0.6) is 0 Å². The minimum absolute atomic E-state index is 0.239. The summed E-state index contributed by atoms with van der Waals surface area (Å²) >= 11 is 0. The van der Waals surface area contributed by atoms with Crippen molar-refractivity contribution in [2.24, 2.45) is 0 Å². The minimum Gasteiger partial charge on any atom is -0.204 e. The second kappa shape index (κ2) is 3.86. The van der Waals surface area contributed by atoms with E-state index in [2.05, 4.69) is 0 Å². The lowest BCUT2D eigenvalue weighted by Gasteiger charge is -2.23. The maximum absolute atomic E-state index is 13.7. The summed E-state index contributed by atoms with van der Waals surface area (Å²) in [6.07, 6.45) is 2.80. The summed E-state index contributed by atoms with van der Waals surface area (Å²) in [5, 5.41) is 0. The van der Waals surface area contributed by atoms with E-state index in [1.54, 1.807) is 13.0 Å². The van der Waals surface area contributed by atoms with Crippen molar-refractivity contribution in [3.8, 4) is 0 Å². The minimum atomic E-state index is -1.35. The van der Waals surface area contributed by atoms with E-state index in [4.69, 9.17) is 0 Å². The fraction of sp³-hybridized carbons (Fsp3) is 0.385. The van der Waals surface area contributed by atoms with Gasteiger partial charge < -0.3 is 0 Å². The predicted molar refractivity (Wildman–Crippen MR) is 56.6 cm³/mol. The van der Waals surface area contributed by atoms with E-state index in [1.165, 1.54) is 0 Å². The summed E-state index contributed by atoms with van der Waals surface area (Å²) in [5.41, 5.74) is -0.510. The molecule has 0 bridgehead atoms. The van der Waals surface area contributed by atoms with Crippen LogP contribution in [0.2, 0.25) is 0 Å². The summed E-state index contributed by atoms with van der Waals surface area (Å²) in [7, 11) is 0. The van der Waals surface area contributed by atoms with Crippen molar-refractivity contribution in [1.82, 2.24) is 0 Å². The molecule has 0 aromatic heterocycles. The molecule has 92 valence electrons. The molecule has 1 aliphatic rings. The fourth-order valence-corrected chi connectivity index (χ4v) is 2.42. The van der Waals surface area contributed by atoms with Gasteiger partial charge >= 0.3 is 0 Å². The highest BCUT2D eigenvalue weighted by Gasteiger charge is 2.36. The second-order valence-corrected chi connectivity index (χ2v) is 4.75. The molecule has 0 N–H and O–H groups in total. The van der Waals surface area contributed by atoms with Crippen LogP contribution in [0, 0.1) is 23.3 Å². The molecular weight excluding hydrogens is 232 g/mol. The molecule has 0 saturated heterocycles. The second-order valence-electron chi connectivity index (χ2n) is 4.75. The SMILES string of the molecule is CC1=C[C@](C)(c2c(F)c(F)cc(F)c2F)CC1. The molecular formula is C13H12F4. The van der Waals surface area contributed by atoms with Crippen molar-refractivity contribution >= 4 is 0 Å². The number of benzene rings is 1. The van der Waals surface area contributed by atoms with Crippen LogP contribution in [0.3, 0.4) is 0 Å². The zero-order valence-corrected chi connectivity index (χ0v) is 9.58. The monoisotopic (exact) mass is 244 g/mol. The van der Waals surface area contributed by atoms with Gasteiger partial charge in [0, 0.05) is 17.0 Å². The van der Waals surface area contributed by atoms with Crippen LogP contribution in [-0.4, -0.2) is 0 Å². The molecule has 17 heavy (non-hydrogen) atoms. The van der Waals surface area contributed by atoms with Crippen molar-refractivity contribution in [1.29, 1.82) is 0 Å². The molecule has 0 spiro atoms. The Kier molecular flexibility index (Phi) is 2.76. The Morgan fingerprint density at radius 1 is 1.06 bits per heavy atom. The van der Waals surface area contributed by atoms with Crippen molar-refractivity contribution in [2.45, 2.75) is 32.1 Å². The van der Waals surface area contributed by atoms with E-state index in [-0.39, 0.29) is 6.07 Å². The van der Waals surface area contributed by atoms with E-state index >= 15 is 0 Å². The summed E-state index contributed by atoms with van der Waals surface area (Å²) in [6.45, 7) is 3.42. The van der Waals surface area contributed by atoms with Gasteiger partial charge in [0.15, 0.2) is 23.3 Å². The zero-order valence-electron chi connectivity index (χ0n) is 9.58. The third-order valence-corrected chi connectivity index (χ3v) is 3.29. The molecule has 0 radical (unpaired) electrons. The Morgan fingerprint density at radius 3 is 2.00 bits per heavy atom. The molecule has 1 aliphatic carbocycles. The molecule has 0 amide bonds. The fourth-order valence-electron chi connectivity index (χ4n) is 2.42. The number of allylic oxidation sites excluding steroid dienone is 2. The lowest BCUT2D eigenvalue weighted by atomic mass is 9.81. The number of halogens is 4. The number of hydrogen-bond acceptors (Lipinski definition) is 0. The van der Waals surface area contributed by atoms with Crippen molar-refractivity contribution in [3.05, 3.63) is 46.5 Å². The quantitative estimate of drug-likeness (QED) is 0.394. The van der Waals surface area contributed by atoms with E-state index in [0.717, 1.165) is 5.57 Å². The van der Waals surface area contributed by atoms with Gasteiger partial charge in [-0.1, -0.05) is 18.6 Å². The normalized spacial score (nSPS) is 24.0. The van der Waals surface area contributed by atoms with Gasteiger partial charge in [-0.05, 0) is 19.8 Å². The van der Waals surface area contributed by atoms with E-state index in [0.29, 0.717) is 12.8 Å². The molecule has 0 aliphatic heterocycles. The van der Waals surface area contributed by atoms with E-state index in [9.17, 15) is 17.6 Å².